The van der Waals surface area contributed by atoms with Crippen molar-refractivity contribution in [2.45, 2.75) is 0 Å². The van der Waals surface area contributed by atoms with Gasteiger partial charge in [-0.15, -0.1) is 0 Å². The smallest absolute Gasteiger partial charge is 0.365 e. The number of ether oxygens (including phenoxy) is 1. The summed E-state index contributed by atoms with van der Waals surface area (Å²) in [7, 11) is 2.85. The molecule has 0 aliphatic rings. The third-order valence-electron chi connectivity index (χ3n) is 3.76. The van der Waals surface area contributed by atoms with Gasteiger partial charge in [-0.1, -0.05) is 72.8 Å². The third kappa shape index (κ3) is 7.08. The summed E-state index contributed by atoms with van der Waals surface area (Å²) in [6.45, 7) is 0. The molecule has 0 unspecified atom stereocenters. The highest BCUT2D eigenvalue weighted by molar-refractivity contribution is 6.10. The zero-order valence-corrected chi connectivity index (χ0v) is 16.3. The number of rotatable bonds is 6. The van der Waals surface area contributed by atoms with Crippen LogP contribution in [0, 0.1) is 0 Å². The molecule has 29 heavy (non-hydrogen) atoms. The molecule has 0 atom stereocenters. The van der Waals surface area contributed by atoms with E-state index in [4.69, 9.17) is 4.74 Å². The predicted octanol–water partition coefficient (Wildman–Crippen LogP) is 4.73. The molecule has 0 heterocycles. The number of hydrogen-bond donors (Lipinski definition) is 0. The summed E-state index contributed by atoms with van der Waals surface area (Å²) >= 11 is 0. The van der Waals surface area contributed by atoms with Gasteiger partial charge in [-0.05, 0) is 23.8 Å². The van der Waals surface area contributed by atoms with E-state index >= 15 is 0 Å². The molecule has 3 rings (SSSR count). The first-order valence-corrected chi connectivity index (χ1v) is 8.86. The van der Waals surface area contributed by atoms with E-state index in [0.717, 1.165) is 5.56 Å². The second-order valence-corrected chi connectivity index (χ2v) is 5.71. The van der Waals surface area contributed by atoms with E-state index in [1.807, 2.05) is 60.7 Å². The van der Waals surface area contributed by atoms with Gasteiger partial charge in [-0.3, -0.25) is 9.68 Å². The maximum Gasteiger partial charge on any atom is 0.365 e. The van der Waals surface area contributed by atoms with Crippen LogP contribution >= 0.6 is 0 Å². The molecule has 0 saturated heterocycles. The van der Waals surface area contributed by atoms with Gasteiger partial charge in [-0.25, -0.2) is 4.79 Å². The van der Waals surface area contributed by atoms with Gasteiger partial charge in [0.1, 0.15) is 5.75 Å². The summed E-state index contributed by atoms with van der Waals surface area (Å²) in [6.07, 6.45) is 2.96. The van der Waals surface area contributed by atoms with Gasteiger partial charge in [-0.2, -0.15) is 4.89 Å². The molecule has 0 N–H and O–H groups in total. The summed E-state index contributed by atoms with van der Waals surface area (Å²) in [5, 5.41) is 0. The predicted molar refractivity (Wildman–Crippen MR) is 111 cm³/mol. The van der Waals surface area contributed by atoms with Crippen LogP contribution in [0.25, 0.3) is 6.08 Å². The van der Waals surface area contributed by atoms with E-state index in [1.54, 1.807) is 37.5 Å². The van der Waals surface area contributed by atoms with Gasteiger partial charge in [0.25, 0.3) is 0 Å². The van der Waals surface area contributed by atoms with Crippen molar-refractivity contribution in [1.29, 1.82) is 0 Å². The minimum atomic E-state index is -0.522. The molecule has 0 amide bonds. The zero-order valence-electron chi connectivity index (χ0n) is 16.3. The van der Waals surface area contributed by atoms with Crippen molar-refractivity contribution >= 4 is 17.8 Å². The van der Waals surface area contributed by atoms with E-state index in [0.29, 0.717) is 16.9 Å². The third-order valence-corrected chi connectivity index (χ3v) is 3.76. The molecule has 5 heteroatoms. The minimum Gasteiger partial charge on any atom is -0.496 e. The van der Waals surface area contributed by atoms with Gasteiger partial charge in [0, 0.05) is 11.6 Å². The molecule has 0 fully saturated rings. The molecule has 0 spiro atoms. The van der Waals surface area contributed by atoms with E-state index in [9.17, 15) is 9.59 Å². The van der Waals surface area contributed by atoms with Crippen molar-refractivity contribution in [2.75, 3.05) is 14.2 Å². The normalized spacial score (nSPS) is 10.0. The second kappa shape index (κ2) is 11.9. The van der Waals surface area contributed by atoms with Gasteiger partial charge in [0.15, 0.2) is 5.78 Å². The molecule has 0 aromatic heterocycles. The Kier molecular flexibility index (Phi) is 8.86. The van der Waals surface area contributed by atoms with Gasteiger partial charge >= 0.3 is 5.97 Å². The summed E-state index contributed by atoms with van der Waals surface area (Å²) in [5.41, 5.74) is 2.21. The monoisotopic (exact) mass is 390 g/mol. The average Bonchev–Trinajstić information content (AvgIpc) is 2.79. The molecule has 5 nitrogen and oxygen atoms in total. The molecule has 0 aliphatic heterocycles. The topological polar surface area (TPSA) is 61.8 Å². The van der Waals surface area contributed by atoms with Crippen LogP contribution in [0.1, 0.15) is 21.5 Å². The van der Waals surface area contributed by atoms with Crippen LogP contribution in [0.3, 0.4) is 0 Å². The minimum absolute atomic E-state index is 0.0157. The Bertz CT molecular complexity index is 934. The second-order valence-electron chi connectivity index (χ2n) is 5.71. The number of carbonyl (C=O) groups excluding carboxylic acids is 2. The van der Waals surface area contributed by atoms with E-state index in [-0.39, 0.29) is 5.78 Å². The van der Waals surface area contributed by atoms with E-state index in [1.165, 1.54) is 13.2 Å². The standard InChI is InChI=1S/C14H12O2.C10H10O3/c1-16-13-10-6-5-9-12(13)14(15)11-7-3-2-4-8-11;1-12-13-10(11)8-7-9-5-3-2-4-6-9/h2-10H,1H3;2-8H,1H3. The molecule has 0 saturated carbocycles. The quantitative estimate of drug-likeness (QED) is 0.264. The van der Waals surface area contributed by atoms with Crippen LogP contribution in [0.4, 0.5) is 0 Å². The van der Waals surface area contributed by atoms with Crippen molar-refractivity contribution in [2.24, 2.45) is 0 Å². The van der Waals surface area contributed by atoms with Crippen LogP contribution in [-0.4, -0.2) is 26.0 Å². The van der Waals surface area contributed by atoms with Crippen LogP contribution in [-0.2, 0) is 14.6 Å². The molecule has 148 valence electrons. The van der Waals surface area contributed by atoms with E-state index < -0.39 is 5.97 Å². The first-order valence-electron chi connectivity index (χ1n) is 8.86. The average molecular weight is 390 g/mol. The lowest BCUT2D eigenvalue weighted by Crippen LogP contribution is -2.03. The van der Waals surface area contributed by atoms with Crippen molar-refractivity contribution in [3.8, 4) is 5.75 Å². The number of carbonyl (C=O) groups is 2. The number of benzene rings is 3. The largest absolute Gasteiger partial charge is 0.496 e. The lowest BCUT2D eigenvalue weighted by Gasteiger charge is -2.06. The molecule has 3 aromatic carbocycles. The summed E-state index contributed by atoms with van der Waals surface area (Å²) < 4.78 is 5.17. The highest BCUT2D eigenvalue weighted by Gasteiger charge is 2.12. The van der Waals surface area contributed by atoms with Gasteiger partial charge in [0.05, 0.1) is 19.8 Å². The van der Waals surface area contributed by atoms with Crippen LogP contribution in [0.2, 0.25) is 0 Å². The Hall–Kier alpha value is -3.70. The highest BCUT2D eigenvalue weighted by atomic mass is 17.2. The van der Waals surface area contributed by atoms with Gasteiger partial charge < -0.3 is 4.74 Å². The van der Waals surface area contributed by atoms with Crippen LogP contribution in [0.15, 0.2) is 91.0 Å². The number of hydrogen-bond acceptors (Lipinski definition) is 5. The van der Waals surface area contributed by atoms with E-state index in [2.05, 4.69) is 9.78 Å². The van der Waals surface area contributed by atoms with Crippen LogP contribution < -0.4 is 4.74 Å². The fourth-order valence-corrected chi connectivity index (χ4v) is 2.42. The number of para-hydroxylation sites is 1. The summed E-state index contributed by atoms with van der Waals surface area (Å²) in [6, 6.07) is 25.9. The molecular weight excluding hydrogens is 368 g/mol. The lowest BCUT2D eigenvalue weighted by molar-refractivity contribution is -0.249. The van der Waals surface area contributed by atoms with Gasteiger partial charge in [0.2, 0.25) is 0 Å². The van der Waals surface area contributed by atoms with Crippen molar-refractivity contribution in [3.63, 3.8) is 0 Å². The maximum atomic E-state index is 12.1. The maximum absolute atomic E-state index is 12.1. The van der Waals surface area contributed by atoms with Crippen LogP contribution in [0.5, 0.6) is 5.75 Å². The first kappa shape index (κ1) is 21.6. The fourth-order valence-electron chi connectivity index (χ4n) is 2.42. The molecule has 0 aliphatic carbocycles. The lowest BCUT2D eigenvalue weighted by atomic mass is 10.0. The SMILES string of the molecule is COOC(=O)C=Cc1ccccc1.COc1ccccc1C(=O)c1ccccc1. The molecule has 3 aromatic rings. The number of methoxy groups -OCH3 is 1. The zero-order chi connectivity index (χ0) is 20.9. The van der Waals surface area contributed by atoms with Crippen molar-refractivity contribution in [1.82, 2.24) is 0 Å². The molecular formula is C24H22O5. The Balaban J connectivity index is 0.000000212. The molecule has 0 bridgehead atoms. The Morgan fingerprint density at radius 2 is 1.34 bits per heavy atom. The summed E-state index contributed by atoms with van der Waals surface area (Å²) in [4.78, 5) is 31.4. The summed E-state index contributed by atoms with van der Waals surface area (Å²) in [5.74, 6) is 0.0701. The first-order chi connectivity index (χ1) is 14.2. The van der Waals surface area contributed by atoms with Crippen molar-refractivity contribution in [3.05, 3.63) is 108 Å². The Morgan fingerprint density at radius 1 is 0.759 bits per heavy atom. The fraction of sp³-hybridized carbons (Fsp3) is 0.0833. The van der Waals surface area contributed by atoms with Crippen molar-refractivity contribution < 1.29 is 24.1 Å². The molecule has 0 radical (unpaired) electrons. The Morgan fingerprint density at radius 3 is 1.97 bits per heavy atom. The number of ketones is 1. The Labute approximate surface area is 170 Å². The highest BCUT2D eigenvalue weighted by Crippen LogP contribution is 2.20.